The quantitative estimate of drug-likeness (QED) is 0.370. The molecule has 3 aliphatic rings. The maximum atomic E-state index is 12.7. The summed E-state index contributed by atoms with van der Waals surface area (Å²) in [7, 11) is 1.60. The van der Waals surface area contributed by atoms with E-state index in [-0.39, 0.29) is 23.9 Å². The Morgan fingerprint density at radius 3 is 2.61 bits per heavy atom. The van der Waals surface area contributed by atoms with Crippen LogP contribution in [0.5, 0.6) is 0 Å². The molecule has 3 heterocycles. The molecule has 2 bridgehead atoms. The van der Waals surface area contributed by atoms with E-state index in [4.69, 9.17) is 23.7 Å². The zero-order chi connectivity index (χ0) is 23.0. The summed E-state index contributed by atoms with van der Waals surface area (Å²) in [6, 6.07) is 0. The molecule has 0 aromatic carbocycles. The second kappa shape index (κ2) is 8.59. The Balaban J connectivity index is 2.13. The lowest BCUT2D eigenvalue weighted by Gasteiger charge is -2.36. The van der Waals surface area contributed by atoms with Crippen LogP contribution in [0.15, 0.2) is 34.6 Å². The molecule has 1 saturated heterocycles. The van der Waals surface area contributed by atoms with E-state index in [0.717, 1.165) is 0 Å². The molecule has 0 aromatic heterocycles. The predicted octanol–water partition coefficient (Wildman–Crippen LogP) is 3.12. The molecule has 3 aliphatic heterocycles. The van der Waals surface area contributed by atoms with Crippen LogP contribution >= 0.6 is 0 Å². The van der Waals surface area contributed by atoms with Crippen molar-refractivity contribution in [1.29, 1.82) is 0 Å². The van der Waals surface area contributed by atoms with Gasteiger partial charge in [0.25, 0.3) is 0 Å². The topological polar surface area (TPSA) is 97.4 Å². The number of carbonyl (C=O) groups is 3. The molecule has 0 radical (unpaired) electrons. The van der Waals surface area contributed by atoms with Crippen molar-refractivity contribution >= 4 is 17.9 Å². The highest BCUT2D eigenvalue weighted by Crippen LogP contribution is 2.49. The van der Waals surface area contributed by atoms with Crippen LogP contribution in [0.2, 0.25) is 0 Å². The number of ether oxygens (including phenoxy) is 5. The molecule has 0 aromatic rings. The first-order valence-electron chi connectivity index (χ1n) is 10.4. The summed E-state index contributed by atoms with van der Waals surface area (Å²) < 4.78 is 28.7. The van der Waals surface area contributed by atoms with Crippen LogP contribution in [0.3, 0.4) is 0 Å². The van der Waals surface area contributed by atoms with Crippen molar-refractivity contribution in [3.8, 4) is 0 Å². The highest BCUT2D eigenvalue weighted by atomic mass is 16.7. The number of carbonyl (C=O) groups excluding carboxylic acids is 3. The van der Waals surface area contributed by atoms with E-state index in [2.05, 4.69) is 0 Å². The Labute approximate surface area is 182 Å². The van der Waals surface area contributed by atoms with Crippen LogP contribution in [-0.4, -0.2) is 49.1 Å². The third-order valence-corrected chi connectivity index (χ3v) is 6.26. The Kier molecular flexibility index (Phi) is 6.43. The number of esters is 3. The Morgan fingerprint density at radius 1 is 1.29 bits per heavy atom. The molecule has 1 fully saturated rings. The Morgan fingerprint density at radius 2 is 2.00 bits per heavy atom. The fourth-order valence-corrected chi connectivity index (χ4v) is 4.30. The first kappa shape index (κ1) is 23.2. The molecule has 0 spiro atoms. The minimum Gasteiger partial charge on any atom is -0.461 e. The summed E-state index contributed by atoms with van der Waals surface area (Å²) in [4.78, 5) is 36.7. The SMILES string of the molecule is C/C=C(\C)C(=O)O[C@H]1C[C@@H](C)[C@@]2(OC)CC[C@@](C)(/C=C3/OC(=O)C(COC(C)=O)=C31)O2. The minimum absolute atomic E-state index is 0.164. The minimum atomic E-state index is -0.856. The maximum absolute atomic E-state index is 12.7. The van der Waals surface area contributed by atoms with Crippen LogP contribution in [-0.2, 0) is 38.1 Å². The van der Waals surface area contributed by atoms with Crippen molar-refractivity contribution in [1.82, 2.24) is 0 Å². The molecule has 0 amide bonds. The fraction of sp³-hybridized carbons (Fsp3) is 0.609. The van der Waals surface area contributed by atoms with E-state index < -0.39 is 35.4 Å². The molecular weight excluding hydrogens is 404 g/mol. The van der Waals surface area contributed by atoms with Gasteiger partial charge < -0.3 is 23.7 Å². The van der Waals surface area contributed by atoms with Crippen molar-refractivity contribution in [2.45, 2.75) is 71.4 Å². The maximum Gasteiger partial charge on any atom is 0.343 e. The van der Waals surface area contributed by atoms with Gasteiger partial charge in [-0.05, 0) is 39.7 Å². The standard InChI is InChI=1S/C23H30O8/c1-7-13(2)20(25)29-17-10-14(3)23(27-6)9-8-22(5,31-23)11-18-19(17)16(21(26)30-18)12-28-15(4)24/h7,11,14,17H,8-10,12H2,1-6H3/b13-7+,18-11+/t14-,17+,22+,23-/m1/s1. The Bertz CT molecular complexity index is 882. The van der Waals surface area contributed by atoms with E-state index in [1.807, 2.05) is 13.8 Å². The summed E-state index contributed by atoms with van der Waals surface area (Å²) in [6.07, 6.45) is 4.24. The second-order valence-corrected chi connectivity index (χ2v) is 8.50. The number of allylic oxidation sites excluding steroid dienone is 1. The van der Waals surface area contributed by atoms with Gasteiger partial charge in [0.05, 0.1) is 11.2 Å². The molecule has 0 N–H and O–H groups in total. The largest absolute Gasteiger partial charge is 0.461 e. The molecule has 0 unspecified atom stereocenters. The van der Waals surface area contributed by atoms with Gasteiger partial charge in [0.1, 0.15) is 18.5 Å². The summed E-state index contributed by atoms with van der Waals surface area (Å²) in [5, 5.41) is 0. The molecule has 8 nitrogen and oxygen atoms in total. The van der Waals surface area contributed by atoms with Crippen LogP contribution in [0.4, 0.5) is 0 Å². The number of hydrogen-bond donors (Lipinski definition) is 0. The van der Waals surface area contributed by atoms with E-state index in [1.165, 1.54) is 6.92 Å². The van der Waals surface area contributed by atoms with Crippen molar-refractivity contribution in [2.75, 3.05) is 13.7 Å². The average Bonchev–Trinajstić information content (AvgIpc) is 3.22. The number of methoxy groups -OCH3 is 1. The predicted molar refractivity (Wildman–Crippen MR) is 109 cm³/mol. The Hall–Kier alpha value is -2.45. The lowest BCUT2D eigenvalue weighted by molar-refractivity contribution is -0.255. The average molecular weight is 434 g/mol. The van der Waals surface area contributed by atoms with E-state index in [1.54, 1.807) is 33.1 Å². The normalized spacial score (nSPS) is 34.7. The molecule has 8 heteroatoms. The third kappa shape index (κ3) is 4.45. The first-order valence-corrected chi connectivity index (χ1v) is 10.4. The summed E-state index contributed by atoms with van der Waals surface area (Å²) in [5.41, 5.74) is 0.285. The lowest BCUT2D eigenvalue weighted by atomic mass is 9.85. The van der Waals surface area contributed by atoms with Gasteiger partial charge in [-0.2, -0.15) is 0 Å². The van der Waals surface area contributed by atoms with Crippen LogP contribution in [0.25, 0.3) is 0 Å². The molecule has 4 atom stereocenters. The first-order chi connectivity index (χ1) is 14.5. The van der Waals surface area contributed by atoms with E-state index in [0.29, 0.717) is 30.4 Å². The zero-order valence-electron chi connectivity index (χ0n) is 18.9. The van der Waals surface area contributed by atoms with Gasteiger partial charge in [-0.25, -0.2) is 9.59 Å². The van der Waals surface area contributed by atoms with Crippen LogP contribution in [0, 0.1) is 5.92 Å². The van der Waals surface area contributed by atoms with Gasteiger partial charge in [-0.3, -0.25) is 4.79 Å². The van der Waals surface area contributed by atoms with Gasteiger partial charge in [0, 0.05) is 37.5 Å². The van der Waals surface area contributed by atoms with Gasteiger partial charge >= 0.3 is 17.9 Å². The smallest absolute Gasteiger partial charge is 0.343 e. The van der Waals surface area contributed by atoms with Crippen LogP contribution in [0.1, 0.15) is 53.9 Å². The fourth-order valence-electron chi connectivity index (χ4n) is 4.30. The van der Waals surface area contributed by atoms with E-state index >= 15 is 0 Å². The van der Waals surface area contributed by atoms with E-state index in [9.17, 15) is 14.4 Å². The van der Waals surface area contributed by atoms with Crippen molar-refractivity contribution in [3.63, 3.8) is 0 Å². The van der Waals surface area contributed by atoms with Crippen LogP contribution < -0.4 is 0 Å². The summed E-state index contributed by atoms with van der Waals surface area (Å²) >= 11 is 0. The molecule has 31 heavy (non-hydrogen) atoms. The number of fused-ring (bicyclic) bond motifs is 3. The second-order valence-electron chi connectivity index (χ2n) is 8.50. The summed E-state index contributed by atoms with van der Waals surface area (Å²) in [5.74, 6) is -2.41. The third-order valence-electron chi connectivity index (χ3n) is 6.26. The van der Waals surface area contributed by atoms with Gasteiger partial charge in [0.15, 0.2) is 5.79 Å². The number of hydrogen-bond acceptors (Lipinski definition) is 8. The molecule has 0 saturated carbocycles. The molecule has 3 rings (SSSR count). The van der Waals surface area contributed by atoms with Gasteiger partial charge in [-0.1, -0.05) is 13.0 Å². The lowest BCUT2D eigenvalue weighted by Crippen LogP contribution is -2.42. The van der Waals surface area contributed by atoms with Crippen molar-refractivity contribution in [3.05, 3.63) is 34.6 Å². The number of rotatable bonds is 5. The highest BCUT2D eigenvalue weighted by Gasteiger charge is 2.53. The monoisotopic (exact) mass is 434 g/mol. The molecule has 0 aliphatic carbocycles. The van der Waals surface area contributed by atoms with Gasteiger partial charge in [-0.15, -0.1) is 0 Å². The molecular formula is C23H30O8. The van der Waals surface area contributed by atoms with Crippen molar-refractivity contribution < 1.29 is 38.1 Å². The summed E-state index contributed by atoms with van der Waals surface area (Å²) in [6.45, 7) is 8.27. The zero-order valence-corrected chi connectivity index (χ0v) is 18.9. The molecule has 170 valence electrons. The van der Waals surface area contributed by atoms with Crippen molar-refractivity contribution in [2.24, 2.45) is 5.92 Å². The highest BCUT2D eigenvalue weighted by molar-refractivity contribution is 5.96. The van der Waals surface area contributed by atoms with Gasteiger partial charge in [0.2, 0.25) is 0 Å².